The Morgan fingerprint density at radius 3 is 2.70 bits per heavy atom. The molecule has 0 bridgehead atoms. The van der Waals surface area contributed by atoms with Gasteiger partial charge in [0.25, 0.3) is 0 Å². The summed E-state index contributed by atoms with van der Waals surface area (Å²) in [5.41, 5.74) is 8.51. The Labute approximate surface area is 126 Å². The van der Waals surface area contributed by atoms with Crippen molar-refractivity contribution in [3.8, 4) is 5.75 Å². The Morgan fingerprint density at radius 1 is 1.30 bits per heavy atom. The molecule has 0 aliphatic rings. The maximum Gasteiger partial charge on any atom is 0.193 e. The van der Waals surface area contributed by atoms with Gasteiger partial charge in [0.05, 0.1) is 11.1 Å². The van der Waals surface area contributed by atoms with Gasteiger partial charge in [-0.15, -0.1) is 0 Å². The van der Waals surface area contributed by atoms with Crippen molar-refractivity contribution >= 4 is 27.4 Å². The highest BCUT2D eigenvalue weighted by atomic mass is 79.9. The van der Waals surface area contributed by atoms with E-state index < -0.39 is 0 Å². The zero-order chi connectivity index (χ0) is 14.7. The second-order valence-electron chi connectivity index (χ2n) is 4.43. The highest BCUT2D eigenvalue weighted by Gasteiger charge is 2.14. The van der Waals surface area contributed by atoms with Crippen LogP contribution in [0.3, 0.4) is 0 Å². The number of rotatable bonds is 4. The summed E-state index contributed by atoms with van der Waals surface area (Å²) in [6.07, 6.45) is 0. The molecule has 0 spiro atoms. The molecule has 20 heavy (non-hydrogen) atoms. The van der Waals surface area contributed by atoms with Crippen molar-refractivity contribution < 1.29 is 9.53 Å². The van der Waals surface area contributed by atoms with Crippen LogP contribution in [0.4, 0.5) is 5.69 Å². The molecule has 0 aliphatic carbocycles. The lowest BCUT2D eigenvalue weighted by Crippen LogP contribution is -2.06. The van der Waals surface area contributed by atoms with E-state index in [0.29, 0.717) is 23.4 Å². The number of nitrogens with two attached hydrogens (primary N) is 1. The van der Waals surface area contributed by atoms with Crippen LogP contribution in [0.5, 0.6) is 5.75 Å². The first-order valence-electron chi connectivity index (χ1n) is 6.36. The molecule has 2 aromatic rings. The molecule has 0 saturated carbocycles. The van der Waals surface area contributed by atoms with E-state index in [9.17, 15) is 4.79 Å². The number of anilines is 1. The molecule has 104 valence electrons. The third-order valence-corrected chi connectivity index (χ3v) is 3.73. The Kier molecular flexibility index (Phi) is 4.45. The highest BCUT2D eigenvalue weighted by molar-refractivity contribution is 9.10. The number of ketones is 1. The Hall–Kier alpha value is -1.81. The summed E-state index contributed by atoms with van der Waals surface area (Å²) in [4.78, 5) is 12.5. The molecule has 0 aliphatic heterocycles. The van der Waals surface area contributed by atoms with E-state index in [4.69, 9.17) is 10.5 Å². The van der Waals surface area contributed by atoms with Crippen molar-refractivity contribution in [2.24, 2.45) is 0 Å². The first-order chi connectivity index (χ1) is 9.54. The molecule has 2 N–H and O–H groups in total. The second kappa shape index (κ2) is 6.09. The zero-order valence-electron chi connectivity index (χ0n) is 11.4. The molecular formula is C16H16BrNO2. The molecule has 0 radical (unpaired) electrons. The van der Waals surface area contributed by atoms with Gasteiger partial charge in [-0.05, 0) is 59.6 Å². The van der Waals surface area contributed by atoms with Gasteiger partial charge in [-0.3, -0.25) is 4.79 Å². The van der Waals surface area contributed by atoms with Crippen molar-refractivity contribution in [2.75, 3.05) is 12.3 Å². The fourth-order valence-corrected chi connectivity index (χ4v) is 2.46. The monoisotopic (exact) mass is 333 g/mol. The number of carbonyl (C=O) groups is 1. The number of ether oxygens (including phenoxy) is 1. The minimum absolute atomic E-state index is 0.0430. The first kappa shape index (κ1) is 14.6. The highest BCUT2D eigenvalue weighted by Crippen LogP contribution is 2.28. The molecule has 0 amide bonds. The average Bonchev–Trinajstić information content (AvgIpc) is 2.43. The predicted molar refractivity (Wildman–Crippen MR) is 84.3 cm³/mol. The fraction of sp³-hybridized carbons (Fsp3) is 0.188. The van der Waals surface area contributed by atoms with Gasteiger partial charge in [0.15, 0.2) is 5.78 Å². The van der Waals surface area contributed by atoms with E-state index in [1.165, 1.54) is 0 Å². The molecule has 0 fully saturated rings. The lowest BCUT2D eigenvalue weighted by atomic mass is 9.98. The number of halogens is 1. The number of nitrogen functional groups attached to an aromatic ring is 1. The number of carbonyl (C=O) groups excluding carboxylic acids is 1. The van der Waals surface area contributed by atoms with Gasteiger partial charge < -0.3 is 10.5 Å². The van der Waals surface area contributed by atoms with Crippen LogP contribution in [0.25, 0.3) is 0 Å². The summed E-state index contributed by atoms with van der Waals surface area (Å²) in [6, 6.07) is 10.7. The van der Waals surface area contributed by atoms with Crippen LogP contribution < -0.4 is 10.5 Å². The molecule has 0 aromatic heterocycles. The van der Waals surface area contributed by atoms with E-state index in [-0.39, 0.29) is 5.78 Å². The van der Waals surface area contributed by atoms with Gasteiger partial charge in [0.2, 0.25) is 0 Å². The minimum atomic E-state index is -0.0430. The number of benzene rings is 2. The summed E-state index contributed by atoms with van der Waals surface area (Å²) in [5, 5.41) is 0. The minimum Gasteiger partial charge on any atom is -0.493 e. The van der Waals surface area contributed by atoms with E-state index in [1.54, 1.807) is 36.4 Å². The van der Waals surface area contributed by atoms with Crippen LogP contribution in [-0.2, 0) is 0 Å². The SMILES string of the molecule is CCOc1ccc(C(=O)c2cccc(N)c2C)cc1Br. The third-order valence-electron chi connectivity index (χ3n) is 3.11. The lowest BCUT2D eigenvalue weighted by Gasteiger charge is -2.10. The van der Waals surface area contributed by atoms with Gasteiger partial charge in [0.1, 0.15) is 5.75 Å². The summed E-state index contributed by atoms with van der Waals surface area (Å²) >= 11 is 3.42. The van der Waals surface area contributed by atoms with Crippen molar-refractivity contribution in [3.05, 3.63) is 57.6 Å². The molecule has 2 aromatic carbocycles. The van der Waals surface area contributed by atoms with Gasteiger partial charge in [-0.2, -0.15) is 0 Å². The average molecular weight is 334 g/mol. The Balaban J connectivity index is 2.39. The van der Waals surface area contributed by atoms with E-state index in [2.05, 4.69) is 15.9 Å². The van der Waals surface area contributed by atoms with Crippen LogP contribution >= 0.6 is 15.9 Å². The third kappa shape index (κ3) is 2.85. The summed E-state index contributed by atoms with van der Waals surface area (Å²) in [5.74, 6) is 0.687. The van der Waals surface area contributed by atoms with Crippen LogP contribution in [0.15, 0.2) is 40.9 Å². The molecule has 0 heterocycles. The topological polar surface area (TPSA) is 52.3 Å². The van der Waals surface area contributed by atoms with Crippen molar-refractivity contribution in [3.63, 3.8) is 0 Å². The maximum atomic E-state index is 12.5. The van der Waals surface area contributed by atoms with Gasteiger partial charge in [-0.1, -0.05) is 12.1 Å². The van der Waals surface area contributed by atoms with E-state index in [1.807, 2.05) is 13.8 Å². The van der Waals surface area contributed by atoms with Crippen LogP contribution in [0, 0.1) is 6.92 Å². The zero-order valence-corrected chi connectivity index (χ0v) is 13.0. The number of hydrogen-bond donors (Lipinski definition) is 1. The van der Waals surface area contributed by atoms with Crippen LogP contribution in [-0.4, -0.2) is 12.4 Å². The fourth-order valence-electron chi connectivity index (χ4n) is 1.97. The largest absolute Gasteiger partial charge is 0.493 e. The normalized spacial score (nSPS) is 10.3. The quantitative estimate of drug-likeness (QED) is 0.680. The maximum absolute atomic E-state index is 12.5. The molecule has 4 heteroatoms. The summed E-state index contributed by atoms with van der Waals surface area (Å²) in [6.45, 7) is 4.36. The standard InChI is InChI=1S/C16H16BrNO2/c1-3-20-15-8-7-11(9-13(15)17)16(19)12-5-4-6-14(18)10(12)2/h4-9H,3,18H2,1-2H3. The molecule has 3 nitrogen and oxygen atoms in total. The Bertz CT molecular complexity index is 653. The van der Waals surface area contributed by atoms with Gasteiger partial charge in [0, 0.05) is 16.8 Å². The van der Waals surface area contributed by atoms with E-state index >= 15 is 0 Å². The molecular weight excluding hydrogens is 318 g/mol. The van der Waals surface area contributed by atoms with Gasteiger partial charge >= 0.3 is 0 Å². The smallest absolute Gasteiger partial charge is 0.193 e. The molecule has 0 saturated heterocycles. The van der Waals surface area contributed by atoms with Gasteiger partial charge in [-0.25, -0.2) is 0 Å². The summed E-state index contributed by atoms with van der Waals surface area (Å²) < 4.78 is 6.21. The Morgan fingerprint density at radius 2 is 2.05 bits per heavy atom. The van der Waals surface area contributed by atoms with Crippen molar-refractivity contribution in [1.82, 2.24) is 0 Å². The molecule has 0 atom stereocenters. The second-order valence-corrected chi connectivity index (χ2v) is 5.28. The molecule has 2 rings (SSSR count). The first-order valence-corrected chi connectivity index (χ1v) is 7.16. The van der Waals surface area contributed by atoms with Crippen LogP contribution in [0.1, 0.15) is 28.4 Å². The summed E-state index contributed by atoms with van der Waals surface area (Å²) in [7, 11) is 0. The van der Waals surface area contributed by atoms with Crippen molar-refractivity contribution in [2.45, 2.75) is 13.8 Å². The van der Waals surface area contributed by atoms with Crippen molar-refractivity contribution in [1.29, 1.82) is 0 Å². The number of hydrogen-bond acceptors (Lipinski definition) is 3. The molecule has 0 unspecified atom stereocenters. The van der Waals surface area contributed by atoms with E-state index in [0.717, 1.165) is 15.8 Å². The lowest BCUT2D eigenvalue weighted by molar-refractivity contribution is 0.103. The predicted octanol–water partition coefficient (Wildman–Crippen LogP) is 3.97. The van der Waals surface area contributed by atoms with Crippen LogP contribution in [0.2, 0.25) is 0 Å².